The highest BCUT2D eigenvalue weighted by Crippen LogP contribution is 2.25. The number of carbonyl (C=O) groups is 2. The average molecular weight is 466 g/mol. The number of hydrogen-bond donors (Lipinski definition) is 2. The van der Waals surface area contributed by atoms with Crippen LogP contribution in [0.5, 0.6) is 0 Å². The summed E-state index contributed by atoms with van der Waals surface area (Å²) >= 11 is 0. The highest BCUT2D eigenvalue weighted by molar-refractivity contribution is 7.89. The van der Waals surface area contributed by atoms with Gasteiger partial charge in [0.15, 0.2) is 0 Å². The first kappa shape index (κ1) is 25.3. The molecule has 2 amide bonds. The van der Waals surface area contributed by atoms with Crippen LogP contribution in [0, 0.1) is 5.82 Å². The second kappa shape index (κ2) is 10.1. The largest absolute Gasteiger partial charge is 0.444 e. The molecule has 0 atom stereocenters. The maximum atomic E-state index is 13.8. The number of benzene rings is 2. The number of nitrogens with zero attached hydrogens (tertiary/aromatic N) is 1. The van der Waals surface area contributed by atoms with Crippen molar-refractivity contribution in [1.29, 1.82) is 0 Å². The van der Waals surface area contributed by atoms with Gasteiger partial charge >= 0.3 is 6.09 Å². The van der Waals surface area contributed by atoms with E-state index in [9.17, 15) is 22.4 Å². The molecule has 2 aromatic rings. The van der Waals surface area contributed by atoms with Crippen molar-refractivity contribution < 1.29 is 27.1 Å². The van der Waals surface area contributed by atoms with Crippen LogP contribution in [0.2, 0.25) is 0 Å². The molecule has 174 valence electrons. The molecule has 10 heteroatoms. The Hall–Kier alpha value is -2.98. The highest BCUT2D eigenvalue weighted by atomic mass is 32.2. The summed E-state index contributed by atoms with van der Waals surface area (Å²) in [6, 6.07) is 9.01. The van der Waals surface area contributed by atoms with Gasteiger partial charge in [0.25, 0.3) is 5.91 Å². The van der Waals surface area contributed by atoms with E-state index in [4.69, 9.17) is 4.74 Å². The van der Waals surface area contributed by atoms with Gasteiger partial charge in [-0.05, 0) is 57.2 Å². The number of nitrogens with one attached hydrogen (secondary N) is 2. The fraction of sp³-hybridized carbons (Fsp3) is 0.364. The first-order valence-corrected chi connectivity index (χ1v) is 11.5. The van der Waals surface area contributed by atoms with Crippen LogP contribution < -0.4 is 10.6 Å². The van der Waals surface area contributed by atoms with E-state index < -0.39 is 33.4 Å². The molecule has 0 aromatic heterocycles. The first-order valence-electron chi connectivity index (χ1n) is 10.1. The van der Waals surface area contributed by atoms with Crippen molar-refractivity contribution in [3.05, 3.63) is 53.8 Å². The van der Waals surface area contributed by atoms with Crippen LogP contribution in [0.25, 0.3) is 0 Å². The van der Waals surface area contributed by atoms with Crippen molar-refractivity contribution in [2.24, 2.45) is 0 Å². The van der Waals surface area contributed by atoms with E-state index >= 15 is 0 Å². The molecule has 0 saturated heterocycles. The number of rotatable bonds is 7. The zero-order valence-corrected chi connectivity index (χ0v) is 19.5. The van der Waals surface area contributed by atoms with Crippen LogP contribution in [0.3, 0.4) is 0 Å². The van der Waals surface area contributed by atoms with E-state index in [1.165, 1.54) is 34.6 Å². The third-order valence-corrected chi connectivity index (χ3v) is 6.35. The molecular weight excluding hydrogens is 437 g/mol. The summed E-state index contributed by atoms with van der Waals surface area (Å²) in [5.41, 5.74) is -0.561. The van der Waals surface area contributed by atoms with E-state index in [1.807, 2.05) is 0 Å². The van der Waals surface area contributed by atoms with Crippen molar-refractivity contribution in [2.75, 3.05) is 23.7 Å². The molecule has 0 aliphatic carbocycles. The summed E-state index contributed by atoms with van der Waals surface area (Å²) in [5, 5.41) is 4.99. The molecule has 8 nitrogen and oxygen atoms in total. The topological polar surface area (TPSA) is 105 Å². The van der Waals surface area contributed by atoms with Gasteiger partial charge in [-0.1, -0.05) is 19.9 Å². The normalized spacial score (nSPS) is 11.8. The van der Waals surface area contributed by atoms with Crippen molar-refractivity contribution >= 4 is 33.4 Å². The number of amides is 2. The third kappa shape index (κ3) is 6.51. The third-order valence-electron chi connectivity index (χ3n) is 4.30. The predicted octanol–water partition coefficient (Wildman–Crippen LogP) is 4.46. The SMILES string of the molecule is CCN(CC)S(=O)(=O)c1cccc(C(=O)Nc2cc(F)ccc2NC(=O)OC(C)(C)C)c1. The minimum atomic E-state index is -3.76. The minimum Gasteiger partial charge on any atom is -0.444 e. The zero-order chi connectivity index (χ0) is 24.1. The van der Waals surface area contributed by atoms with E-state index in [-0.39, 0.29) is 34.9 Å². The lowest BCUT2D eigenvalue weighted by Crippen LogP contribution is -2.30. The van der Waals surface area contributed by atoms with Gasteiger partial charge in [0.2, 0.25) is 10.0 Å². The molecule has 32 heavy (non-hydrogen) atoms. The highest BCUT2D eigenvalue weighted by Gasteiger charge is 2.23. The summed E-state index contributed by atoms with van der Waals surface area (Å²) < 4.78 is 45.8. The lowest BCUT2D eigenvalue weighted by atomic mass is 10.2. The Bertz CT molecular complexity index is 1090. The van der Waals surface area contributed by atoms with Gasteiger partial charge in [-0.25, -0.2) is 17.6 Å². The van der Waals surface area contributed by atoms with Crippen molar-refractivity contribution in [3.63, 3.8) is 0 Å². The Morgan fingerprint density at radius 1 is 1.00 bits per heavy atom. The Kier molecular flexibility index (Phi) is 7.97. The second-order valence-corrected chi connectivity index (χ2v) is 9.83. The van der Waals surface area contributed by atoms with Crippen LogP contribution in [-0.4, -0.2) is 43.4 Å². The fourth-order valence-electron chi connectivity index (χ4n) is 2.85. The number of hydrogen-bond acceptors (Lipinski definition) is 5. The predicted molar refractivity (Wildman–Crippen MR) is 121 cm³/mol. The van der Waals surface area contributed by atoms with Gasteiger partial charge in [0.1, 0.15) is 11.4 Å². The molecule has 0 radical (unpaired) electrons. The Labute approximate surface area is 187 Å². The number of anilines is 2. The molecule has 0 spiro atoms. The maximum absolute atomic E-state index is 13.8. The maximum Gasteiger partial charge on any atom is 0.412 e. The second-order valence-electron chi connectivity index (χ2n) is 7.89. The smallest absolute Gasteiger partial charge is 0.412 e. The monoisotopic (exact) mass is 465 g/mol. The number of halogens is 1. The molecule has 0 fully saturated rings. The summed E-state index contributed by atoms with van der Waals surface area (Å²) in [6.45, 7) is 9.11. The number of carbonyl (C=O) groups excluding carboxylic acids is 2. The molecule has 2 rings (SSSR count). The molecule has 2 aromatic carbocycles. The molecule has 0 bridgehead atoms. The van der Waals surface area contributed by atoms with Crippen molar-refractivity contribution in [1.82, 2.24) is 4.31 Å². The molecular formula is C22H28FN3O5S. The lowest BCUT2D eigenvalue weighted by Gasteiger charge is -2.20. The Morgan fingerprint density at radius 2 is 1.66 bits per heavy atom. The quantitative estimate of drug-likeness (QED) is 0.628. The number of sulfonamides is 1. The molecule has 0 unspecified atom stereocenters. The molecule has 0 heterocycles. The summed E-state index contributed by atoms with van der Waals surface area (Å²) in [7, 11) is -3.76. The number of ether oxygens (including phenoxy) is 1. The van der Waals surface area contributed by atoms with Gasteiger partial charge in [0, 0.05) is 18.7 Å². The van der Waals surface area contributed by atoms with E-state index in [2.05, 4.69) is 10.6 Å². The summed E-state index contributed by atoms with van der Waals surface area (Å²) in [5.74, 6) is -1.30. The lowest BCUT2D eigenvalue weighted by molar-refractivity contribution is 0.0635. The summed E-state index contributed by atoms with van der Waals surface area (Å²) in [4.78, 5) is 24.9. The van der Waals surface area contributed by atoms with Gasteiger partial charge in [-0.3, -0.25) is 10.1 Å². The molecule has 0 saturated carbocycles. The molecule has 0 aliphatic rings. The Morgan fingerprint density at radius 3 is 2.25 bits per heavy atom. The van der Waals surface area contributed by atoms with Gasteiger partial charge in [0.05, 0.1) is 16.3 Å². The fourth-order valence-corrected chi connectivity index (χ4v) is 4.35. The van der Waals surface area contributed by atoms with Crippen molar-refractivity contribution in [3.8, 4) is 0 Å². The average Bonchev–Trinajstić information content (AvgIpc) is 2.69. The van der Waals surface area contributed by atoms with Crippen LogP contribution in [0.4, 0.5) is 20.6 Å². The van der Waals surface area contributed by atoms with Gasteiger partial charge in [-0.2, -0.15) is 4.31 Å². The van der Waals surface area contributed by atoms with E-state index in [0.717, 1.165) is 12.1 Å². The first-order chi connectivity index (χ1) is 14.9. The zero-order valence-electron chi connectivity index (χ0n) is 18.7. The molecule has 2 N–H and O–H groups in total. The van der Waals surface area contributed by atoms with Crippen LogP contribution in [0.15, 0.2) is 47.4 Å². The van der Waals surface area contributed by atoms with Crippen LogP contribution in [0.1, 0.15) is 45.0 Å². The molecule has 0 aliphatic heterocycles. The van der Waals surface area contributed by atoms with Gasteiger partial charge in [-0.15, -0.1) is 0 Å². The van der Waals surface area contributed by atoms with Crippen LogP contribution in [-0.2, 0) is 14.8 Å². The van der Waals surface area contributed by atoms with Crippen LogP contribution >= 0.6 is 0 Å². The Balaban J connectivity index is 2.30. The summed E-state index contributed by atoms with van der Waals surface area (Å²) in [6.07, 6.45) is -0.771. The minimum absolute atomic E-state index is 0.00198. The van der Waals surface area contributed by atoms with E-state index in [0.29, 0.717) is 0 Å². The van der Waals surface area contributed by atoms with Gasteiger partial charge < -0.3 is 10.1 Å². The van der Waals surface area contributed by atoms with E-state index in [1.54, 1.807) is 34.6 Å². The standard InChI is InChI=1S/C22H28FN3O5S/c1-6-26(7-2)32(29,30)17-10-8-9-15(13-17)20(27)24-19-14-16(23)11-12-18(19)25-21(28)31-22(3,4)5/h8-14H,6-7H2,1-5H3,(H,24,27)(H,25,28). The van der Waals surface area contributed by atoms with Crippen molar-refractivity contribution in [2.45, 2.75) is 45.1 Å².